The number of aliphatic hydroxyl groups is 1. The average Bonchev–Trinajstić information content (AvgIpc) is 2.05. The summed E-state index contributed by atoms with van der Waals surface area (Å²) in [4.78, 5) is 3.93. The van der Waals surface area contributed by atoms with Crippen molar-refractivity contribution < 1.29 is 5.11 Å². The predicted octanol–water partition coefficient (Wildman–Crippen LogP) is 0.727. The molecule has 1 atom stereocenters. The topological polar surface area (TPSA) is 59.1 Å². The zero-order valence-corrected chi connectivity index (χ0v) is 6.62. The third-order valence-corrected chi connectivity index (χ3v) is 1.55. The second-order valence-corrected chi connectivity index (χ2v) is 2.63. The van der Waals surface area contributed by atoms with Crippen LogP contribution in [0.5, 0.6) is 0 Å². The Morgan fingerprint density at radius 3 is 2.82 bits per heavy atom. The van der Waals surface area contributed by atoms with E-state index < -0.39 is 6.04 Å². The van der Waals surface area contributed by atoms with Gasteiger partial charge in [0, 0.05) is 6.20 Å². The maximum Gasteiger partial charge on any atom is 0.0705 e. The molecule has 0 radical (unpaired) electrons. The van der Waals surface area contributed by atoms with Crippen molar-refractivity contribution in [2.45, 2.75) is 6.04 Å². The van der Waals surface area contributed by atoms with Crippen LogP contribution in [0.3, 0.4) is 0 Å². The van der Waals surface area contributed by atoms with Gasteiger partial charge >= 0.3 is 0 Å². The van der Waals surface area contributed by atoms with E-state index in [9.17, 15) is 0 Å². The molecule has 1 rings (SSSR count). The van der Waals surface area contributed by atoms with Crippen molar-refractivity contribution in [1.29, 1.82) is 0 Å². The molecule has 4 heteroatoms. The van der Waals surface area contributed by atoms with Crippen LogP contribution < -0.4 is 5.73 Å². The lowest BCUT2D eigenvalue weighted by Gasteiger charge is -2.05. The molecule has 0 aromatic carbocycles. The molecule has 1 heterocycles. The first-order valence-corrected chi connectivity index (χ1v) is 3.59. The van der Waals surface area contributed by atoms with E-state index in [-0.39, 0.29) is 6.61 Å². The Hall–Kier alpha value is -0.640. The zero-order valence-electron chi connectivity index (χ0n) is 5.87. The zero-order chi connectivity index (χ0) is 8.27. The number of aromatic nitrogens is 1. The van der Waals surface area contributed by atoms with Crippen LogP contribution >= 0.6 is 11.6 Å². The standard InChI is InChI=1S/C7H9ClN2O/c8-5-1-2-7(10-3-5)6(9)4-11/h1-3,6,11H,4,9H2/t6-/m1/s1. The van der Waals surface area contributed by atoms with Gasteiger partial charge in [0.15, 0.2) is 0 Å². The van der Waals surface area contributed by atoms with Gasteiger partial charge in [-0.15, -0.1) is 0 Å². The smallest absolute Gasteiger partial charge is 0.0705 e. The molecule has 0 bridgehead atoms. The molecule has 1 aromatic heterocycles. The van der Waals surface area contributed by atoms with Crippen molar-refractivity contribution in [3.05, 3.63) is 29.0 Å². The van der Waals surface area contributed by atoms with Crippen LogP contribution in [-0.2, 0) is 0 Å². The summed E-state index contributed by atoms with van der Waals surface area (Å²) in [6, 6.07) is 2.98. The first kappa shape index (κ1) is 8.46. The van der Waals surface area contributed by atoms with E-state index in [0.29, 0.717) is 10.7 Å². The van der Waals surface area contributed by atoms with Gasteiger partial charge in [-0.2, -0.15) is 0 Å². The lowest BCUT2D eigenvalue weighted by molar-refractivity contribution is 0.266. The summed E-state index contributed by atoms with van der Waals surface area (Å²) in [7, 11) is 0. The highest BCUT2D eigenvalue weighted by molar-refractivity contribution is 6.30. The Morgan fingerprint density at radius 1 is 1.64 bits per heavy atom. The Kier molecular flexibility index (Phi) is 2.82. The molecule has 0 amide bonds. The highest BCUT2D eigenvalue weighted by atomic mass is 35.5. The monoisotopic (exact) mass is 172 g/mol. The van der Waals surface area contributed by atoms with Gasteiger partial charge in [-0.05, 0) is 12.1 Å². The predicted molar refractivity (Wildman–Crippen MR) is 43.3 cm³/mol. The first-order valence-electron chi connectivity index (χ1n) is 3.22. The van der Waals surface area contributed by atoms with E-state index >= 15 is 0 Å². The fraction of sp³-hybridized carbons (Fsp3) is 0.286. The number of aliphatic hydroxyl groups excluding tert-OH is 1. The molecule has 3 N–H and O–H groups in total. The normalized spacial score (nSPS) is 13.0. The van der Waals surface area contributed by atoms with Crippen LogP contribution in [0, 0.1) is 0 Å². The van der Waals surface area contributed by atoms with Crippen molar-refractivity contribution in [2.24, 2.45) is 5.73 Å². The number of pyridine rings is 1. The van der Waals surface area contributed by atoms with Crippen LogP contribution in [0.4, 0.5) is 0 Å². The van der Waals surface area contributed by atoms with Gasteiger partial charge in [-0.3, -0.25) is 4.98 Å². The molecule has 0 unspecified atom stereocenters. The second-order valence-electron chi connectivity index (χ2n) is 2.19. The van der Waals surface area contributed by atoms with Crippen molar-refractivity contribution in [3.63, 3.8) is 0 Å². The largest absolute Gasteiger partial charge is 0.394 e. The summed E-state index contributed by atoms with van der Waals surface area (Å²) in [6.45, 7) is -0.103. The van der Waals surface area contributed by atoms with Crippen molar-refractivity contribution >= 4 is 11.6 Å². The van der Waals surface area contributed by atoms with E-state index in [2.05, 4.69) is 4.98 Å². The number of nitrogens with zero attached hydrogens (tertiary/aromatic N) is 1. The molecule has 3 nitrogen and oxygen atoms in total. The quantitative estimate of drug-likeness (QED) is 0.692. The maximum absolute atomic E-state index is 8.66. The summed E-state index contributed by atoms with van der Waals surface area (Å²) < 4.78 is 0. The third kappa shape index (κ3) is 2.15. The average molecular weight is 173 g/mol. The molecule has 0 saturated heterocycles. The molecule has 11 heavy (non-hydrogen) atoms. The van der Waals surface area contributed by atoms with E-state index in [1.54, 1.807) is 12.1 Å². The Bertz CT molecular complexity index is 224. The minimum absolute atomic E-state index is 0.103. The number of hydrogen-bond acceptors (Lipinski definition) is 3. The molecule has 0 saturated carbocycles. The Morgan fingerprint density at radius 2 is 2.36 bits per heavy atom. The number of halogens is 1. The van der Waals surface area contributed by atoms with Gasteiger partial charge in [0.2, 0.25) is 0 Å². The molecule has 0 spiro atoms. The molecule has 0 aliphatic rings. The van der Waals surface area contributed by atoms with Crippen LogP contribution in [-0.4, -0.2) is 16.7 Å². The third-order valence-electron chi connectivity index (χ3n) is 1.33. The molecular weight excluding hydrogens is 164 g/mol. The van der Waals surface area contributed by atoms with Gasteiger partial charge in [-0.1, -0.05) is 11.6 Å². The van der Waals surface area contributed by atoms with Crippen LogP contribution in [0.15, 0.2) is 18.3 Å². The van der Waals surface area contributed by atoms with E-state index in [1.165, 1.54) is 6.20 Å². The van der Waals surface area contributed by atoms with E-state index in [4.69, 9.17) is 22.4 Å². The van der Waals surface area contributed by atoms with Gasteiger partial charge in [-0.25, -0.2) is 0 Å². The molecule has 0 aliphatic carbocycles. The van der Waals surface area contributed by atoms with E-state index in [0.717, 1.165) is 0 Å². The van der Waals surface area contributed by atoms with Gasteiger partial charge < -0.3 is 10.8 Å². The van der Waals surface area contributed by atoms with Crippen LogP contribution in [0.1, 0.15) is 11.7 Å². The minimum Gasteiger partial charge on any atom is -0.394 e. The highest BCUT2D eigenvalue weighted by Gasteiger charge is 2.03. The van der Waals surface area contributed by atoms with E-state index in [1.807, 2.05) is 0 Å². The molecular formula is C7H9ClN2O. The number of nitrogens with two attached hydrogens (primary N) is 1. The Balaban J connectivity index is 2.81. The SMILES string of the molecule is N[C@H](CO)c1ccc(Cl)cn1. The van der Waals surface area contributed by atoms with Gasteiger partial charge in [0.25, 0.3) is 0 Å². The fourth-order valence-corrected chi connectivity index (χ4v) is 0.812. The lowest BCUT2D eigenvalue weighted by atomic mass is 10.2. The highest BCUT2D eigenvalue weighted by Crippen LogP contribution is 2.10. The maximum atomic E-state index is 8.66. The second kappa shape index (κ2) is 3.67. The summed E-state index contributed by atoms with van der Waals surface area (Å²) in [6.07, 6.45) is 1.51. The lowest BCUT2D eigenvalue weighted by Crippen LogP contribution is -2.15. The van der Waals surface area contributed by atoms with Crippen molar-refractivity contribution in [3.8, 4) is 0 Å². The van der Waals surface area contributed by atoms with Gasteiger partial charge in [0.05, 0.1) is 23.4 Å². The summed E-state index contributed by atoms with van der Waals surface area (Å²) in [5.74, 6) is 0. The van der Waals surface area contributed by atoms with Crippen molar-refractivity contribution in [2.75, 3.05) is 6.61 Å². The molecule has 60 valence electrons. The Labute approximate surface area is 69.8 Å². The molecule has 1 aromatic rings. The molecule has 0 aliphatic heterocycles. The summed E-state index contributed by atoms with van der Waals surface area (Å²) in [5, 5.41) is 9.23. The molecule has 0 fully saturated rings. The first-order chi connectivity index (χ1) is 5.24. The van der Waals surface area contributed by atoms with Gasteiger partial charge in [0.1, 0.15) is 0 Å². The summed E-state index contributed by atoms with van der Waals surface area (Å²) >= 11 is 5.59. The van der Waals surface area contributed by atoms with Crippen molar-refractivity contribution in [1.82, 2.24) is 4.98 Å². The number of hydrogen-bond donors (Lipinski definition) is 2. The van der Waals surface area contributed by atoms with Crippen LogP contribution in [0.2, 0.25) is 5.02 Å². The van der Waals surface area contributed by atoms with Crippen LogP contribution in [0.25, 0.3) is 0 Å². The minimum atomic E-state index is -0.410. The fourth-order valence-electron chi connectivity index (χ4n) is 0.700. The summed E-state index contributed by atoms with van der Waals surface area (Å²) in [5.41, 5.74) is 6.14. The number of rotatable bonds is 2.